The van der Waals surface area contributed by atoms with Crippen LogP contribution in [0.3, 0.4) is 0 Å². The number of aromatic amines is 1. The van der Waals surface area contributed by atoms with Crippen molar-refractivity contribution in [3.63, 3.8) is 0 Å². The van der Waals surface area contributed by atoms with Gasteiger partial charge >= 0.3 is 0 Å². The summed E-state index contributed by atoms with van der Waals surface area (Å²) < 4.78 is 0. The molecule has 0 atom stereocenters. The van der Waals surface area contributed by atoms with Gasteiger partial charge in [-0.05, 0) is 42.3 Å². The highest BCUT2D eigenvalue weighted by molar-refractivity contribution is 5.85. The zero-order chi connectivity index (χ0) is 20.4. The average molecular weight is 385 g/mol. The summed E-state index contributed by atoms with van der Waals surface area (Å²) >= 11 is 0. The minimum absolute atomic E-state index is 0.00564. The second-order valence-electron chi connectivity index (χ2n) is 7.50. The van der Waals surface area contributed by atoms with E-state index in [9.17, 15) is 9.59 Å². The van der Waals surface area contributed by atoms with Crippen LogP contribution in [-0.4, -0.2) is 26.8 Å². The van der Waals surface area contributed by atoms with Crippen LogP contribution in [0, 0.1) is 0 Å². The summed E-state index contributed by atoms with van der Waals surface area (Å²) in [6.07, 6.45) is 0.306. The molecule has 0 bridgehead atoms. The van der Waals surface area contributed by atoms with E-state index in [1.807, 2.05) is 62.4 Å². The summed E-state index contributed by atoms with van der Waals surface area (Å²) in [4.78, 5) is 34.5. The third-order valence-electron chi connectivity index (χ3n) is 5.09. The van der Waals surface area contributed by atoms with Crippen LogP contribution in [0.2, 0.25) is 0 Å². The Morgan fingerprint density at radius 3 is 2.52 bits per heavy atom. The van der Waals surface area contributed by atoms with E-state index >= 15 is 0 Å². The van der Waals surface area contributed by atoms with Gasteiger partial charge in [-0.25, -0.2) is 4.98 Å². The Balaban J connectivity index is 1.58. The highest BCUT2D eigenvalue weighted by atomic mass is 16.2. The lowest BCUT2D eigenvalue weighted by molar-refractivity contribution is -0.132. The summed E-state index contributed by atoms with van der Waals surface area (Å²) in [5.74, 6) is 0.500. The Morgan fingerprint density at radius 2 is 1.72 bits per heavy atom. The number of rotatable bonds is 5. The van der Waals surface area contributed by atoms with Gasteiger partial charge in [0.05, 0.1) is 23.9 Å². The second kappa shape index (κ2) is 7.87. The number of para-hydroxylation sites is 1. The summed E-state index contributed by atoms with van der Waals surface area (Å²) in [5, 5.41) is 2.83. The van der Waals surface area contributed by atoms with Crippen molar-refractivity contribution in [2.24, 2.45) is 0 Å². The van der Waals surface area contributed by atoms with Crippen molar-refractivity contribution in [3.05, 3.63) is 88.5 Å². The quantitative estimate of drug-likeness (QED) is 0.563. The molecule has 1 heterocycles. The van der Waals surface area contributed by atoms with Crippen LogP contribution in [0.5, 0.6) is 0 Å². The molecule has 0 aliphatic rings. The fraction of sp³-hybridized carbons (Fsp3) is 0.208. The molecule has 4 aromatic rings. The lowest BCUT2D eigenvalue weighted by Gasteiger charge is -2.26. The van der Waals surface area contributed by atoms with Gasteiger partial charge in [-0.3, -0.25) is 9.59 Å². The smallest absolute Gasteiger partial charge is 0.258 e. The van der Waals surface area contributed by atoms with Gasteiger partial charge in [0.25, 0.3) is 5.56 Å². The molecule has 0 aliphatic carbocycles. The Hall–Kier alpha value is -3.47. The van der Waals surface area contributed by atoms with Crippen molar-refractivity contribution in [1.29, 1.82) is 0 Å². The maximum atomic E-state index is 13.0. The molecule has 0 fully saturated rings. The molecule has 0 aliphatic heterocycles. The van der Waals surface area contributed by atoms with Crippen molar-refractivity contribution in [1.82, 2.24) is 14.9 Å². The van der Waals surface area contributed by atoms with Crippen molar-refractivity contribution in [2.75, 3.05) is 0 Å². The first-order chi connectivity index (χ1) is 14.0. The number of benzene rings is 3. The predicted molar refractivity (Wildman–Crippen MR) is 116 cm³/mol. The van der Waals surface area contributed by atoms with E-state index in [1.54, 1.807) is 11.0 Å². The van der Waals surface area contributed by atoms with Crippen LogP contribution in [0.4, 0.5) is 0 Å². The fourth-order valence-corrected chi connectivity index (χ4v) is 3.55. The summed E-state index contributed by atoms with van der Waals surface area (Å²) in [7, 11) is 0. The number of aromatic nitrogens is 2. The number of hydrogen-bond acceptors (Lipinski definition) is 3. The van der Waals surface area contributed by atoms with E-state index in [1.165, 1.54) is 0 Å². The summed E-state index contributed by atoms with van der Waals surface area (Å²) in [5.41, 5.74) is 1.42. The van der Waals surface area contributed by atoms with Gasteiger partial charge in [0.2, 0.25) is 5.91 Å². The molecule has 0 spiro atoms. The van der Waals surface area contributed by atoms with Gasteiger partial charge in [-0.1, -0.05) is 54.6 Å². The Kier molecular flexibility index (Phi) is 5.12. The molecule has 5 nitrogen and oxygen atoms in total. The normalized spacial score (nSPS) is 11.3. The number of hydrogen-bond donors (Lipinski definition) is 1. The number of carbonyl (C=O) groups excluding carboxylic acids is 1. The molecular weight excluding hydrogens is 362 g/mol. The Morgan fingerprint density at radius 1 is 1.00 bits per heavy atom. The topological polar surface area (TPSA) is 66.1 Å². The molecule has 3 aromatic carbocycles. The molecule has 0 saturated heterocycles. The lowest BCUT2D eigenvalue weighted by Crippen LogP contribution is -2.38. The largest absolute Gasteiger partial charge is 0.333 e. The van der Waals surface area contributed by atoms with Gasteiger partial charge in [0, 0.05) is 6.04 Å². The fourth-order valence-electron chi connectivity index (χ4n) is 3.55. The monoisotopic (exact) mass is 385 g/mol. The molecular formula is C24H23N3O2. The van der Waals surface area contributed by atoms with Crippen molar-refractivity contribution < 1.29 is 4.79 Å². The predicted octanol–water partition coefficient (Wildman–Crippen LogP) is 4.06. The van der Waals surface area contributed by atoms with Crippen LogP contribution in [0.1, 0.15) is 25.2 Å². The number of nitrogens with one attached hydrogen (secondary N) is 1. The minimum Gasteiger partial charge on any atom is -0.333 e. The van der Waals surface area contributed by atoms with Gasteiger partial charge in [0.15, 0.2) is 0 Å². The maximum absolute atomic E-state index is 13.0. The van der Waals surface area contributed by atoms with Gasteiger partial charge < -0.3 is 9.88 Å². The first kappa shape index (κ1) is 18.9. The van der Waals surface area contributed by atoms with Gasteiger partial charge in [-0.15, -0.1) is 0 Å². The van der Waals surface area contributed by atoms with E-state index in [4.69, 9.17) is 0 Å². The minimum atomic E-state index is -0.184. The number of H-pyrrole nitrogens is 1. The molecule has 1 N–H and O–H groups in total. The average Bonchev–Trinajstić information content (AvgIpc) is 2.71. The van der Waals surface area contributed by atoms with Crippen LogP contribution in [0.25, 0.3) is 21.7 Å². The third-order valence-corrected chi connectivity index (χ3v) is 5.09. The molecule has 1 aromatic heterocycles. The molecule has 1 amide bonds. The van der Waals surface area contributed by atoms with Crippen LogP contribution >= 0.6 is 0 Å². The van der Waals surface area contributed by atoms with Crippen LogP contribution < -0.4 is 5.56 Å². The Labute approximate surface area is 169 Å². The number of nitrogens with zero attached hydrogens (tertiary/aromatic N) is 2. The molecule has 29 heavy (non-hydrogen) atoms. The van der Waals surface area contributed by atoms with Gasteiger partial charge in [-0.2, -0.15) is 0 Å². The van der Waals surface area contributed by atoms with E-state index in [0.29, 0.717) is 23.1 Å². The summed E-state index contributed by atoms with van der Waals surface area (Å²) in [6, 6.07) is 21.4. The highest BCUT2D eigenvalue weighted by Gasteiger charge is 2.19. The van der Waals surface area contributed by atoms with Crippen molar-refractivity contribution in [3.8, 4) is 0 Å². The zero-order valence-corrected chi connectivity index (χ0v) is 16.6. The van der Waals surface area contributed by atoms with E-state index in [2.05, 4.69) is 22.1 Å². The third kappa shape index (κ3) is 4.04. The molecule has 4 rings (SSSR count). The second-order valence-corrected chi connectivity index (χ2v) is 7.50. The van der Waals surface area contributed by atoms with Gasteiger partial charge in [0.1, 0.15) is 5.82 Å². The molecule has 0 unspecified atom stereocenters. The first-order valence-corrected chi connectivity index (χ1v) is 9.76. The van der Waals surface area contributed by atoms with Crippen LogP contribution in [-0.2, 0) is 17.8 Å². The lowest BCUT2D eigenvalue weighted by atomic mass is 10.0. The maximum Gasteiger partial charge on any atom is 0.258 e. The molecule has 0 saturated carbocycles. The number of fused-ring (bicyclic) bond motifs is 2. The first-order valence-electron chi connectivity index (χ1n) is 9.76. The van der Waals surface area contributed by atoms with Crippen molar-refractivity contribution in [2.45, 2.75) is 32.9 Å². The molecule has 146 valence electrons. The van der Waals surface area contributed by atoms with E-state index < -0.39 is 0 Å². The number of amides is 1. The van der Waals surface area contributed by atoms with Crippen molar-refractivity contribution >= 4 is 27.6 Å². The number of carbonyl (C=O) groups is 1. The molecule has 0 radical (unpaired) electrons. The molecule has 5 heteroatoms. The SMILES string of the molecule is CC(C)N(Cc1nc2ccccc2c(=O)[nH]1)C(=O)Cc1ccc2ccccc2c1. The Bertz CT molecular complexity index is 1240. The van der Waals surface area contributed by atoms with E-state index in [0.717, 1.165) is 16.3 Å². The summed E-state index contributed by atoms with van der Waals surface area (Å²) in [6.45, 7) is 4.21. The highest BCUT2D eigenvalue weighted by Crippen LogP contribution is 2.17. The standard InChI is InChI=1S/C24H23N3O2/c1-16(2)27(15-22-25-21-10-6-5-9-20(21)24(29)26-22)23(28)14-17-11-12-18-7-3-4-8-19(18)13-17/h3-13,16H,14-15H2,1-2H3,(H,25,26,29). The zero-order valence-electron chi connectivity index (χ0n) is 16.6. The van der Waals surface area contributed by atoms with E-state index in [-0.39, 0.29) is 24.1 Å². The van der Waals surface area contributed by atoms with Crippen LogP contribution in [0.15, 0.2) is 71.5 Å².